The molecule has 0 aliphatic heterocycles. The van der Waals surface area contributed by atoms with Crippen LogP contribution in [0.1, 0.15) is 39.5 Å². The van der Waals surface area contributed by atoms with Crippen LogP contribution in [0.4, 0.5) is 0 Å². The Morgan fingerprint density at radius 3 is 0.795 bits per heavy atom. The van der Waals surface area contributed by atoms with E-state index in [1.54, 1.807) is 0 Å². The van der Waals surface area contributed by atoms with Gasteiger partial charge >= 0.3 is 0 Å². The lowest BCUT2D eigenvalue weighted by Crippen LogP contribution is -2.12. The van der Waals surface area contributed by atoms with Gasteiger partial charge in [-0.15, -0.1) is 0 Å². The molecule has 0 aromatic heterocycles. The highest BCUT2D eigenvalue weighted by Gasteiger charge is 1.97. The third kappa shape index (κ3) is 38.7. The zero-order valence-electron chi connectivity index (χ0n) is 24.9. The zero-order valence-corrected chi connectivity index (χ0v) is 27.3. The third-order valence-electron chi connectivity index (χ3n) is 5.00. The maximum Gasteiger partial charge on any atom is 0.0701 e. The summed E-state index contributed by atoms with van der Waals surface area (Å²) in [5.41, 5.74) is 0. The van der Waals surface area contributed by atoms with E-state index in [4.69, 9.17) is 37.9 Å². The summed E-state index contributed by atoms with van der Waals surface area (Å²) in [4.78, 5) is 0. The maximum atomic E-state index is 5.62. The molecule has 0 aliphatic carbocycles. The number of hydrogen-bond acceptors (Lipinski definition) is 11. The van der Waals surface area contributed by atoms with Crippen molar-refractivity contribution in [2.45, 2.75) is 39.5 Å². The van der Waals surface area contributed by atoms with Crippen molar-refractivity contribution in [1.82, 2.24) is 0 Å². The average molecular weight is 619 g/mol. The highest BCUT2D eigenvalue weighted by atomic mass is 32.2. The van der Waals surface area contributed by atoms with E-state index in [0.717, 1.165) is 63.6 Å². The molecule has 0 saturated carbocycles. The van der Waals surface area contributed by atoms with Crippen LogP contribution in [-0.4, -0.2) is 140 Å². The number of thioether (sulfide) groups is 3. The first-order valence-corrected chi connectivity index (χ1v) is 18.2. The van der Waals surface area contributed by atoms with Crippen LogP contribution in [0.2, 0.25) is 0 Å². The van der Waals surface area contributed by atoms with Gasteiger partial charge in [0.1, 0.15) is 0 Å². The van der Waals surface area contributed by atoms with E-state index in [9.17, 15) is 0 Å². The fourth-order valence-electron chi connectivity index (χ4n) is 2.79. The molecule has 0 amide bonds. The van der Waals surface area contributed by atoms with Crippen LogP contribution in [-0.2, 0) is 37.9 Å². The van der Waals surface area contributed by atoms with E-state index in [0.29, 0.717) is 79.3 Å². The van der Waals surface area contributed by atoms with Crippen molar-refractivity contribution >= 4 is 35.3 Å². The molecule has 0 unspecified atom stereocenters. The number of ether oxygens (including phenoxy) is 8. The Labute approximate surface area is 252 Å². The third-order valence-corrected chi connectivity index (χ3v) is 8.40. The largest absolute Gasteiger partial charge is 0.379 e. The minimum atomic E-state index is 0.608. The molecule has 0 fully saturated rings. The lowest BCUT2D eigenvalue weighted by Gasteiger charge is -2.08. The predicted molar refractivity (Wildman–Crippen MR) is 168 cm³/mol. The summed E-state index contributed by atoms with van der Waals surface area (Å²) in [6.45, 7) is 15.1. The van der Waals surface area contributed by atoms with E-state index >= 15 is 0 Å². The topological polar surface area (TPSA) is 73.8 Å². The molecule has 11 heteroatoms. The van der Waals surface area contributed by atoms with Gasteiger partial charge in [0.05, 0.1) is 92.5 Å². The average Bonchev–Trinajstić information content (AvgIpc) is 2.95. The standard InChI is InChI=1S/C28H58O8S3/c1-3-5-7-29-9-11-31-13-15-33-17-19-35-21-23-37-25-27-39-28-26-38-24-22-36-20-18-34-16-14-32-12-10-30-8-6-4-2/h3-28H2,1-2H3. The molecular weight excluding hydrogens is 561 g/mol. The molecular formula is C28H58O8S3. The van der Waals surface area contributed by atoms with E-state index < -0.39 is 0 Å². The highest BCUT2D eigenvalue weighted by Crippen LogP contribution is 2.10. The Morgan fingerprint density at radius 1 is 0.282 bits per heavy atom. The van der Waals surface area contributed by atoms with Gasteiger partial charge in [-0.25, -0.2) is 0 Å². The van der Waals surface area contributed by atoms with Gasteiger partial charge in [0.25, 0.3) is 0 Å². The minimum Gasteiger partial charge on any atom is -0.379 e. The van der Waals surface area contributed by atoms with Crippen molar-refractivity contribution in [2.24, 2.45) is 0 Å². The van der Waals surface area contributed by atoms with Crippen molar-refractivity contribution in [3.8, 4) is 0 Å². The number of rotatable bonds is 36. The molecule has 0 heterocycles. The van der Waals surface area contributed by atoms with Crippen LogP contribution in [0, 0.1) is 0 Å². The molecule has 0 saturated heterocycles. The van der Waals surface area contributed by atoms with Crippen LogP contribution < -0.4 is 0 Å². The maximum absolute atomic E-state index is 5.62. The molecule has 8 nitrogen and oxygen atoms in total. The first kappa shape index (κ1) is 39.7. The van der Waals surface area contributed by atoms with Gasteiger partial charge < -0.3 is 37.9 Å². The second kappa shape index (κ2) is 38.7. The van der Waals surface area contributed by atoms with Crippen LogP contribution in [0.25, 0.3) is 0 Å². The summed E-state index contributed by atoms with van der Waals surface area (Å²) in [5, 5.41) is 0. The van der Waals surface area contributed by atoms with Gasteiger partial charge in [-0.1, -0.05) is 26.7 Å². The number of unbranched alkanes of at least 4 members (excludes halogenated alkanes) is 2. The SMILES string of the molecule is CCCCOCCOCCOCCOCCSCCSCCSCCOCCOCCOCCOCCCC. The van der Waals surface area contributed by atoms with Crippen molar-refractivity contribution in [1.29, 1.82) is 0 Å². The summed E-state index contributed by atoms with van der Waals surface area (Å²) < 4.78 is 44.1. The number of hydrogen-bond donors (Lipinski definition) is 0. The summed E-state index contributed by atoms with van der Waals surface area (Å²) in [5.74, 6) is 6.82. The van der Waals surface area contributed by atoms with Crippen molar-refractivity contribution in [3.63, 3.8) is 0 Å². The highest BCUT2D eigenvalue weighted by molar-refractivity contribution is 8.04. The van der Waals surface area contributed by atoms with E-state index in [-0.39, 0.29) is 0 Å². The van der Waals surface area contributed by atoms with E-state index in [1.807, 2.05) is 35.3 Å². The Bertz CT molecular complexity index is 392. The first-order chi connectivity index (χ1) is 19.4. The van der Waals surface area contributed by atoms with Gasteiger partial charge in [0, 0.05) is 47.7 Å². The molecule has 0 atom stereocenters. The molecule has 0 bridgehead atoms. The summed E-state index contributed by atoms with van der Waals surface area (Å²) in [7, 11) is 0. The van der Waals surface area contributed by atoms with Crippen LogP contribution in [0.15, 0.2) is 0 Å². The normalized spacial score (nSPS) is 11.5. The molecule has 0 aliphatic rings. The second-order valence-corrected chi connectivity index (χ2v) is 12.1. The van der Waals surface area contributed by atoms with E-state index in [1.165, 1.54) is 23.0 Å². The molecule has 0 spiro atoms. The molecule has 236 valence electrons. The lowest BCUT2D eigenvalue weighted by atomic mass is 10.4. The smallest absolute Gasteiger partial charge is 0.0701 e. The second-order valence-electron chi connectivity index (χ2n) is 8.44. The quantitative estimate of drug-likeness (QED) is 0.0899. The summed E-state index contributed by atoms with van der Waals surface area (Å²) in [6.07, 6.45) is 4.56. The van der Waals surface area contributed by atoms with Crippen LogP contribution >= 0.6 is 35.3 Å². The lowest BCUT2D eigenvalue weighted by molar-refractivity contribution is -0.000480. The molecule has 0 aromatic rings. The fraction of sp³-hybridized carbons (Fsp3) is 1.00. The Hall–Kier alpha value is 0.730. The Kier molecular flexibility index (Phi) is 39.5. The minimum absolute atomic E-state index is 0.608. The predicted octanol–water partition coefficient (Wildman–Crippen LogP) is 4.92. The molecule has 39 heavy (non-hydrogen) atoms. The van der Waals surface area contributed by atoms with Gasteiger partial charge in [-0.3, -0.25) is 0 Å². The fourth-order valence-corrected chi connectivity index (χ4v) is 5.76. The van der Waals surface area contributed by atoms with Gasteiger partial charge in [0.15, 0.2) is 0 Å². The zero-order chi connectivity index (χ0) is 28.2. The molecule has 0 radical (unpaired) electrons. The van der Waals surface area contributed by atoms with E-state index in [2.05, 4.69) is 13.8 Å². The molecule has 0 N–H and O–H groups in total. The van der Waals surface area contributed by atoms with Gasteiger partial charge in [0.2, 0.25) is 0 Å². The van der Waals surface area contributed by atoms with Gasteiger partial charge in [-0.05, 0) is 12.8 Å². The van der Waals surface area contributed by atoms with Crippen molar-refractivity contribution in [2.75, 3.05) is 140 Å². The van der Waals surface area contributed by atoms with Crippen molar-refractivity contribution in [3.05, 3.63) is 0 Å². The molecule has 0 aromatic carbocycles. The summed E-state index contributed by atoms with van der Waals surface area (Å²) >= 11 is 5.94. The van der Waals surface area contributed by atoms with Crippen molar-refractivity contribution < 1.29 is 37.9 Å². The van der Waals surface area contributed by atoms with Crippen LogP contribution in [0.5, 0.6) is 0 Å². The molecule has 0 rings (SSSR count). The Balaban J connectivity index is 3.01. The monoisotopic (exact) mass is 618 g/mol. The van der Waals surface area contributed by atoms with Gasteiger partial charge in [-0.2, -0.15) is 35.3 Å². The Morgan fingerprint density at radius 2 is 0.513 bits per heavy atom. The van der Waals surface area contributed by atoms with Crippen LogP contribution in [0.3, 0.4) is 0 Å². The summed E-state index contributed by atoms with van der Waals surface area (Å²) in [6, 6.07) is 0. The first-order valence-electron chi connectivity index (χ1n) is 14.8.